The molecule has 0 amide bonds. The van der Waals surface area contributed by atoms with Gasteiger partial charge >= 0.3 is 0 Å². The highest BCUT2D eigenvalue weighted by Gasteiger charge is 2.21. The molecule has 1 aliphatic rings. The van der Waals surface area contributed by atoms with Gasteiger partial charge in [-0.15, -0.1) is 0 Å². The molecule has 1 heterocycles. The Morgan fingerprint density at radius 3 is 2.40 bits per heavy atom. The predicted octanol–water partition coefficient (Wildman–Crippen LogP) is 3.62. The molecule has 0 aromatic heterocycles. The van der Waals surface area contributed by atoms with Crippen LogP contribution in [0.25, 0.3) is 0 Å². The highest BCUT2D eigenvalue weighted by molar-refractivity contribution is 5.19. The monoisotopic (exact) mass is 203 g/mol. The van der Waals surface area contributed by atoms with E-state index in [1.54, 1.807) is 0 Å². The average molecular weight is 203 g/mol. The molecule has 2 rings (SSSR count). The number of hydrogen-bond acceptors (Lipinski definition) is 1. The summed E-state index contributed by atoms with van der Waals surface area (Å²) in [4.78, 5) is 2.65. The van der Waals surface area contributed by atoms with Gasteiger partial charge in [-0.2, -0.15) is 0 Å². The Morgan fingerprint density at radius 1 is 1.13 bits per heavy atom. The van der Waals surface area contributed by atoms with Crippen LogP contribution in [0.2, 0.25) is 0 Å². The molecule has 15 heavy (non-hydrogen) atoms. The highest BCUT2D eigenvalue weighted by atomic mass is 15.2. The quantitative estimate of drug-likeness (QED) is 0.722. The zero-order valence-electron chi connectivity index (χ0n) is 9.65. The van der Waals surface area contributed by atoms with E-state index >= 15 is 0 Å². The van der Waals surface area contributed by atoms with E-state index in [1.165, 1.54) is 44.3 Å². The summed E-state index contributed by atoms with van der Waals surface area (Å²) in [5, 5.41) is 0. The van der Waals surface area contributed by atoms with Gasteiger partial charge in [-0.05, 0) is 37.9 Å². The van der Waals surface area contributed by atoms with E-state index < -0.39 is 0 Å². The van der Waals surface area contributed by atoms with E-state index in [9.17, 15) is 0 Å². The van der Waals surface area contributed by atoms with Gasteiger partial charge in [-0.3, -0.25) is 4.90 Å². The van der Waals surface area contributed by atoms with Crippen LogP contribution in [0, 0.1) is 0 Å². The third-order valence-corrected chi connectivity index (χ3v) is 3.33. The van der Waals surface area contributed by atoms with Crippen LogP contribution >= 0.6 is 0 Å². The minimum atomic E-state index is 0.665. The van der Waals surface area contributed by atoms with E-state index in [2.05, 4.69) is 42.2 Å². The zero-order chi connectivity index (χ0) is 10.5. The Kier molecular flexibility index (Phi) is 3.79. The maximum Gasteiger partial charge on any atom is 0.0348 e. The summed E-state index contributed by atoms with van der Waals surface area (Å²) < 4.78 is 0. The molecule has 1 aromatic rings. The Morgan fingerprint density at radius 2 is 1.80 bits per heavy atom. The Labute approximate surface area is 93.1 Å². The SMILES string of the molecule is CCCC(c1ccccc1)N1CCCC1. The van der Waals surface area contributed by atoms with Crippen LogP contribution in [0.4, 0.5) is 0 Å². The Hall–Kier alpha value is -0.820. The molecule has 1 saturated heterocycles. The fraction of sp³-hybridized carbons (Fsp3) is 0.571. The summed E-state index contributed by atoms with van der Waals surface area (Å²) in [5.41, 5.74) is 1.50. The lowest BCUT2D eigenvalue weighted by molar-refractivity contribution is 0.232. The number of rotatable bonds is 4. The fourth-order valence-electron chi connectivity index (χ4n) is 2.56. The maximum atomic E-state index is 2.65. The second-order valence-electron chi connectivity index (χ2n) is 4.46. The second kappa shape index (κ2) is 5.32. The molecule has 1 aliphatic heterocycles. The molecule has 0 aliphatic carbocycles. The summed E-state index contributed by atoms with van der Waals surface area (Å²) in [6.07, 6.45) is 5.33. The van der Waals surface area contributed by atoms with Crippen molar-refractivity contribution >= 4 is 0 Å². The first-order valence-corrected chi connectivity index (χ1v) is 6.21. The van der Waals surface area contributed by atoms with Crippen LogP contribution in [0.3, 0.4) is 0 Å². The lowest BCUT2D eigenvalue weighted by Gasteiger charge is -2.27. The van der Waals surface area contributed by atoms with Crippen molar-refractivity contribution in [2.75, 3.05) is 13.1 Å². The van der Waals surface area contributed by atoms with Crippen LogP contribution in [-0.4, -0.2) is 18.0 Å². The largest absolute Gasteiger partial charge is 0.296 e. The summed E-state index contributed by atoms with van der Waals surface area (Å²) in [5.74, 6) is 0. The standard InChI is InChI=1S/C14H21N/c1-2-8-14(15-11-6-7-12-15)13-9-4-3-5-10-13/h3-5,9-10,14H,2,6-8,11-12H2,1H3. The lowest BCUT2D eigenvalue weighted by atomic mass is 10.0. The molecule has 1 unspecified atom stereocenters. The molecule has 0 saturated carbocycles. The number of nitrogens with zero attached hydrogens (tertiary/aromatic N) is 1. The molecule has 0 spiro atoms. The fourth-order valence-corrected chi connectivity index (χ4v) is 2.56. The minimum Gasteiger partial charge on any atom is -0.296 e. The molecule has 82 valence electrons. The van der Waals surface area contributed by atoms with Crippen LogP contribution in [0.5, 0.6) is 0 Å². The van der Waals surface area contributed by atoms with Gasteiger partial charge < -0.3 is 0 Å². The van der Waals surface area contributed by atoms with Crippen molar-refractivity contribution in [1.29, 1.82) is 0 Å². The van der Waals surface area contributed by atoms with E-state index in [0.717, 1.165) is 0 Å². The van der Waals surface area contributed by atoms with Crippen LogP contribution < -0.4 is 0 Å². The first-order chi connectivity index (χ1) is 7.42. The van der Waals surface area contributed by atoms with Gasteiger partial charge in [0.15, 0.2) is 0 Å². The second-order valence-corrected chi connectivity index (χ2v) is 4.46. The van der Waals surface area contributed by atoms with E-state index in [-0.39, 0.29) is 0 Å². The molecule has 1 nitrogen and oxygen atoms in total. The van der Waals surface area contributed by atoms with Crippen LogP contribution in [-0.2, 0) is 0 Å². The van der Waals surface area contributed by atoms with Gasteiger partial charge in [-0.1, -0.05) is 43.7 Å². The van der Waals surface area contributed by atoms with Gasteiger partial charge in [0.2, 0.25) is 0 Å². The predicted molar refractivity (Wildman–Crippen MR) is 64.9 cm³/mol. The highest BCUT2D eigenvalue weighted by Crippen LogP contribution is 2.28. The molecule has 0 N–H and O–H groups in total. The maximum absolute atomic E-state index is 2.65. The number of likely N-dealkylation sites (tertiary alicyclic amines) is 1. The summed E-state index contributed by atoms with van der Waals surface area (Å²) in [6, 6.07) is 11.6. The Bertz CT molecular complexity index is 275. The van der Waals surface area contributed by atoms with E-state index in [1.807, 2.05) is 0 Å². The smallest absolute Gasteiger partial charge is 0.0348 e. The molecule has 0 radical (unpaired) electrons. The van der Waals surface area contributed by atoms with Crippen molar-refractivity contribution in [1.82, 2.24) is 4.90 Å². The van der Waals surface area contributed by atoms with Crippen LogP contribution in [0.15, 0.2) is 30.3 Å². The topological polar surface area (TPSA) is 3.24 Å². The zero-order valence-corrected chi connectivity index (χ0v) is 9.65. The van der Waals surface area contributed by atoms with Crippen molar-refractivity contribution in [3.8, 4) is 0 Å². The third-order valence-electron chi connectivity index (χ3n) is 3.33. The molecule has 1 aromatic carbocycles. The van der Waals surface area contributed by atoms with E-state index in [4.69, 9.17) is 0 Å². The Balaban J connectivity index is 2.11. The van der Waals surface area contributed by atoms with Gasteiger partial charge in [0, 0.05) is 6.04 Å². The average Bonchev–Trinajstić information content (AvgIpc) is 2.80. The van der Waals surface area contributed by atoms with E-state index in [0.29, 0.717) is 6.04 Å². The van der Waals surface area contributed by atoms with Crippen molar-refractivity contribution in [3.05, 3.63) is 35.9 Å². The van der Waals surface area contributed by atoms with Crippen molar-refractivity contribution in [3.63, 3.8) is 0 Å². The van der Waals surface area contributed by atoms with Crippen molar-refractivity contribution < 1.29 is 0 Å². The van der Waals surface area contributed by atoms with Gasteiger partial charge in [0.1, 0.15) is 0 Å². The van der Waals surface area contributed by atoms with Crippen molar-refractivity contribution in [2.24, 2.45) is 0 Å². The first kappa shape index (κ1) is 10.7. The molecule has 1 fully saturated rings. The van der Waals surface area contributed by atoms with Crippen LogP contribution in [0.1, 0.15) is 44.2 Å². The van der Waals surface area contributed by atoms with Gasteiger partial charge in [0.05, 0.1) is 0 Å². The lowest BCUT2D eigenvalue weighted by Crippen LogP contribution is -2.25. The first-order valence-electron chi connectivity index (χ1n) is 6.21. The molecular weight excluding hydrogens is 182 g/mol. The van der Waals surface area contributed by atoms with Gasteiger partial charge in [-0.25, -0.2) is 0 Å². The molecule has 1 atom stereocenters. The molecular formula is C14H21N. The van der Waals surface area contributed by atoms with Crippen molar-refractivity contribution in [2.45, 2.75) is 38.6 Å². The minimum absolute atomic E-state index is 0.665. The number of hydrogen-bond donors (Lipinski definition) is 0. The summed E-state index contributed by atoms with van der Waals surface area (Å²) >= 11 is 0. The third kappa shape index (κ3) is 2.60. The van der Waals surface area contributed by atoms with Gasteiger partial charge in [0.25, 0.3) is 0 Å². The summed E-state index contributed by atoms with van der Waals surface area (Å²) in [7, 11) is 0. The summed E-state index contributed by atoms with van der Waals surface area (Å²) in [6.45, 7) is 4.87. The molecule has 0 bridgehead atoms. The number of benzene rings is 1. The normalized spacial score (nSPS) is 19.3. The molecule has 1 heteroatoms.